The van der Waals surface area contributed by atoms with E-state index in [0.717, 1.165) is 24.3 Å². The lowest BCUT2D eigenvalue weighted by molar-refractivity contribution is -0.136. The molecule has 19 heavy (non-hydrogen) atoms. The second kappa shape index (κ2) is 7.14. The number of ether oxygens (including phenoxy) is 1. The van der Waals surface area contributed by atoms with Gasteiger partial charge in [0.1, 0.15) is 5.75 Å². The quantitative estimate of drug-likeness (QED) is 0.742. The van der Waals surface area contributed by atoms with Crippen LogP contribution in [0.1, 0.15) is 28.7 Å². The van der Waals surface area contributed by atoms with Crippen molar-refractivity contribution in [3.8, 4) is 5.75 Å². The van der Waals surface area contributed by atoms with E-state index in [1.807, 2.05) is 6.92 Å². The maximum absolute atomic E-state index is 10.4. The molecule has 0 aromatic heterocycles. The molecule has 4 heteroatoms. The third-order valence-corrected chi connectivity index (χ3v) is 3.42. The molecule has 0 saturated heterocycles. The summed E-state index contributed by atoms with van der Waals surface area (Å²) in [6, 6.07) is 2.15. The predicted molar refractivity (Wildman–Crippen MR) is 76.0 cm³/mol. The maximum atomic E-state index is 10.4. The Morgan fingerprint density at radius 3 is 2.53 bits per heavy atom. The van der Waals surface area contributed by atoms with Crippen molar-refractivity contribution in [2.24, 2.45) is 0 Å². The zero-order chi connectivity index (χ0) is 14.4. The van der Waals surface area contributed by atoms with Crippen LogP contribution in [0.5, 0.6) is 5.75 Å². The largest absolute Gasteiger partial charge is 0.496 e. The Bertz CT molecular complexity index is 455. The van der Waals surface area contributed by atoms with Crippen LogP contribution in [0.25, 0.3) is 0 Å². The van der Waals surface area contributed by atoms with E-state index in [0.29, 0.717) is 6.54 Å². The number of hydrogen-bond donors (Lipinski definition) is 2. The standard InChI is InChI=1S/C15H23NO3/c1-10-9-13(5-7-16-8-6-14(17)18)11(2)12(3)15(10)19-4/h9,16H,5-8H2,1-4H3,(H,17,18). The van der Waals surface area contributed by atoms with Gasteiger partial charge in [0.2, 0.25) is 0 Å². The molecule has 0 atom stereocenters. The van der Waals surface area contributed by atoms with Gasteiger partial charge in [-0.15, -0.1) is 0 Å². The van der Waals surface area contributed by atoms with E-state index < -0.39 is 5.97 Å². The minimum absolute atomic E-state index is 0.166. The van der Waals surface area contributed by atoms with Gasteiger partial charge in [0.05, 0.1) is 13.5 Å². The molecule has 0 amide bonds. The summed E-state index contributed by atoms with van der Waals surface area (Å²) in [5.74, 6) is 0.194. The van der Waals surface area contributed by atoms with Gasteiger partial charge in [0, 0.05) is 6.54 Å². The van der Waals surface area contributed by atoms with Crippen LogP contribution in [0.2, 0.25) is 0 Å². The van der Waals surface area contributed by atoms with Gasteiger partial charge < -0.3 is 15.2 Å². The van der Waals surface area contributed by atoms with Crippen LogP contribution in [0.3, 0.4) is 0 Å². The fourth-order valence-corrected chi connectivity index (χ4v) is 2.26. The topological polar surface area (TPSA) is 58.6 Å². The Kier molecular flexibility index (Phi) is 5.83. The fraction of sp³-hybridized carbons (Fsp3) is 0.533. The number of nitrogens with one attached hydrogen (secondary N) is 1. The first-order valence-corrected chi connectivity index (χ1v) is 6.53. The molecule has 4 nitrogen and oxygen atoms in total. The number of aliphatic carboxylic acids is 1. The van der Waals surface area contributed by atoms with Gasteiger partial charge >= 0.3 is 5.97 Å². The van der Waals surface area contributed by atoms with E-state index in [1.165, 1.54) is 16.7 Å². The Balaban J connectivity index is 2.62. The lowest BCUT2D eigenvalue weighted by atomic mass is 9.96. The molecule has 0 heterocycles. The fourth-order valence-electron chi connectivity index (χ4n) is 2.26. The molecule has 0 aliphatic heterocycles. The second-order valence-electron chi connectivity index (χ2n) is 4.78. The van der Waals surface area contributed by atoms with Crippen molar-refractivity contribution in [2.45, 2.75) is 33.6 Å². The molecule has 0 aliphatic rings. The number of rotatable bonds is 7. The molecule has 0 spiro atoms. The van der Waals surface area contributed by atoms with Crippen molar-refractivity contribution < 1.29 is 14.6 Å². The van der Waals surface area contributed by atoms with Crippen molar-refractivity contribution in [2.75, 3.05) is 20.2 Å². The van der Waals surface area contributed by atoms with Crippen LogP contribution >= 0.6 is 0 Å². The van der Waals surface area contributed by atoms with Crippen LogP contribution in [0.4, 0.5) is 0 Å². The SMILES string of the molecule is COc1c(C)cc(CCNCCC(=O)O)c(C)c1C. The first-order chi connectivity index (χ1) is 8.97. The van der Waals surface area contributed by atoms with Gasteiger partial charge in [-0.05, 0) is 56.0 Å². The molecule has 1 aromatic rings. The van der Waals surface area contributed by atoms with Crippen LogP contribution < -0.4 is 10.1 Å². The average molecular weight is 265 g/mol. The molecule has 0 radical (unpaired) electrons. The van der Waals surface area contributed by atoms with Crippen LogP contribution in [-0.2, 0) is 11.2 Å². The molecule has 1 rings (SSSR count). The van der Waals surface area contributed by atoms with Gasteiger partial charge in [-0.3, -0.25) is 4.79 Å². The van der Waals surface area contributed by atoms with E-state index in [2.05, 4.69) is 25.2 Å². The number of hydrogen-bond acceptors (Lipinski definition) is 3. The summed E-state index contributed by atoms with van der Waals surface area (Å²) < 4.78 is 5.40. The normalized spacial score (nSPS) is 10.5. The second-order valence-corrected chi connectivity index (χ2v) is 4.78. The summed E-state index contributed by atoms with van der Waals surface area (Å²) in [5.41, 5.74) is 4.87. The highest BCUT2D eigenvalue weighted by Crippen LogP contribution is 2.28. The number of carbonyl (C=O) groups is 1. The van der Waals surface area contributed by atoms with Gasteiger partial charge in [-0.1, -0.05) is 6.07 Å². The van der Waals surface area contributed by atoms with Crippen molar-refractivity contribution in [3.63, 3.8) is 0 Å². The summed E-state index contributed by atoms with van der Waals surface area (Å²) >= 11 is 0. The van der Waals surface area contributed by atoms with Gasteiger partial charge in [0.15, 0.2) is 0 Å². The first kappa shape index (κ1) is 15.5. The summed E-state index contributed by atoms with van der Waals surface area (Å²) in [6.07, 6.45) is 1.07. The van der Waals surface area contributed by atoms with Crippen molar-refractivity contribution in [1.29, 1.82) is 0 Å². The Labute approximate surface area is 114 Å². The summed E-state index contributed by atoms with van der Waals surface area (Å²) in [6.45, 7) is 7.53. The number of carboxylic acids is 1. The van der Waals surface area contributed by atoms with Crippen molar-refractivity contribution in [3.05, 3.63) is 28.3 Å². The van der Waals surface area contributed by atoms with Gasteiger partial charge in [-0.2, -0.15) is 0 Å². The van der Waals surface area contributed by atoms with E-state index in [-0.39, 0.29) is 6.42 Å². The average Bonchev–Trinajstić information content (AvgIpc) is 2.35. The van der Waals surface area contributed by atoms with Crippen LogP contribution in [-0.4, -0.2) is 31.3 Å². The molecule has 0 bridgehead atoms. The lowest BCUT2D eigenvalue weighted by Crippen LogP contribution is -2.21. The molecular weight excluding hydrogens is 242 g/mol. The highest BCUT2D eigenvalue weighted by Gasteiger charge is 2.10. The monoisotopic (exact) mass is 265 g/mol. The number of carboxylic acid groups (broad SMARTS) is 1. The predicted octanol–water partition coefficient (Wildman–Crippen LogP) is 2.23. The smallest absolute Gasteiger partial charge is 0.304 e. The molecule has 106 valence electrons. The lowest BCUT2D eigenvalue weighted by Gasteiger charge is -2.15. The first-order valence-electron chi connectivity index (χ1n) is 6.53. The molecule has 0 saturated carbocycles. The zero-order valence-corrected chi connectivity index (χ0v) is 12.2. The number of benzene rings is 1. The highest BCUT2D eigenvalue weighted by atomic mass is 16.5. The third-order valence-electron chi connectivity index (χ3n) is 3.42. The zero-order valence-electron chi connectivity index (χ0n) is 12.2. The molecule has 0 aliphatic carbocycles. The van der Waals surface area contributed by atoms with E-state index in [4.69, 9.17) is 9.84 Å². The van der Waals surface area contributed by atoms with Gasteiger partial charge in [0.25, 0.3) is 0 Å². The van der Waals surface area contributed by atoms with Crippen molar-refractivity contribution in [1.82, 2.24) is 5.32 Å². The highest BCUT2D eigenvalue weighted by molar-refractivity contribution is 5.66. The molecule has 0 unspecified atom stereocenters. The minimum Gasteiger partial charge on any atom is -0.496 e. The summed E-state index contributed by atoms with van der Waals surface area (Å²) in [4.78, 5) is 10.4. The Morgan fingerprint density at radius 2 is 1.95 bits per heavy atom. The molecule has 0 fully saturated rings. The molecule has 2 N–H and O–H groups in total. The van der Waals surface area contributed by atoms with Crippen LogP contribution in [0.15, 0.2) is 6.07 Å². The number of aryl methyl sites for hydroxylation is 1. The number of methoxy groups -OCH3 is 1. The Hall–Kier alpha value is -1.55. The summed E-state index contributed by atoms with van der Waals surface area (Å²) in [7, 11) is 1.70. The van der Waals surface area contributed by atoms with E-state index >= 15 is 0 Å². The minimum atomic E-state index is -0.764. The molecular formula is C15H23NO3. The molecule has 1 aromatic carbocycles. The third kappa shape index (κ3) is 4.24. The van der Waals surface area contributed by atoms with Crippen LogP contribution in [0, 0.1) is 20.8 Å². The maximum Gasteiger partial charge on any atom is 0.304 e. The van der Waals surface area contributed by atoms with E-state index in [9.17, 15) is 4.79 Å². The Morgan fingerprint density at radius 1 is 1.26 bits per heavy atom. The van der Waals surface area contributed by atoms with E-state index in [1.54, 1.807) is 7.11 Å². The van der Waals surface area contributed by atoms with Crippen molar-refractivity contribution >= 4 is 5.97 Å². The summed E-state index contributed by atoms with van der Waals surface area (Å²) in [5, 5.41) is 11.7. The van der Waals surface area contributed by atoms with Gasteiger partial charge in [-0.25, -0.2) is 0 Å².